The van der Waals surface area contributed by atoms with Crippen LogP contribution >= 0.6 is 0 Å². The minimum atomic E-state index is -3.37. The van der Waals surface area contributed by atoms with Gasteiger partial charge in [-0.05, 0) is 42.9 Å². The molecule has 0 aliphatic carbocycles. The predicted molar refractivity (Wildman–Crippen MR) is 80.7 cm³/mol. The van der Waals surface area contributed by atoms with Crippen molar-refractivity contribution in [3.05, 3.63) is 29.8 Å². The fraction of sp³-hybridized carbons (Fsp3) is 0.600. The van der Waals surface area contributed by atoms with Gasteiger partial charge in [0.1, 0.15) is 0 Å². The number of hydrogen-bond donors (Lipinski definition) is 1. The van der Waals surface area contributed by atoms with Crippen molar-refractivity contribution in [2.24, 2.45) is 11.7 Å². The molecule has 20 heavy (non-hydrogen) atoms. The topological polar surface area (TPSA) is 63.4 Å². The lowest BCUT2D eigenvalue weighted by Crippen LogP contribution is -2.32. The normalized spacial score (nSPS) is 21.6. The first-order valence-electron chi connectivity index (χ1n) is 7.37. The van der Waals surface area contributed by atoms with Crippen LogP contribution in [-0.2, 0) is 16.6 Å². The highest BCUT2D eigenvalue weighted by Gasteiger charge is 2.27. The van der Waals surface area contributed by atoms with Crippen LogP contribution < -0.4 is 5.73 Å². The average molecular weight is 296 g/mol. The molecular weight excluding hydrogens is 272 g/mol. The van der Waals surface area contributed by atoms with E-state index in [0.717, 1.165) is 31.2 Å². The Bertz CT molecular complexity index is 543. The Kier molecular flexibility index (Phi) is 5.18. The largest absolute Gasteiger partial charge is 0.326 e. The summed E-state index contributed by atoms with van der Waals surface area (Å²) in [6.07, 6.45) is 4.18. The molecule has 112 valence electrons. The van der Waals surface area contributed by atoms with E-state index in [9.17, 15) is 8.42 Å². The van der Waals surface area contributed by atoms with E-state index in [2.05, 4.69) is 6.92 Å². The Morgan fingerprint density at radius 3 is 2.80 bits per heavy atom. The molecule has 0 saturated carbocycles. The van der Waals surface area contributed by atoms with Crippen LogP contribution in [0.2, 0.25) is 0 Å². The zero-order chi connectivity index (χ0) is 14.6. The van der Waals surface area contributed by atoms with Crippen LogP contribution in [-0.4, -0.2) is 25.8 Å². The van der Waals surface area contributed by atoms with Gasteiger partial charge in [0.15, 0.2) is 0 Å². The molecule has 1 aromatic carbocycles. The fourth-order valence-corrected chi connectivity index (χ4v) is 4.33. The molecule has 1 fully saturated rings. The first-order valence-corrected chi connectivity index (χ1v) is 8.81. The van der Waals surface area contributed by atoms with Gasteiger partial charge in [0.25, 0.3) is 0 Å². The molecule has 0 bridgehead atoms. The van der Waals surface area contributed by atoms with Crippen LogP contribution in [0.1, 0.15) is 38.2 Å². The molecule has 1 aliphatic rings. The summed E-state index contributed by atoms with van der Waals surface area (Å²) in [5.74, 6) is 0.658. The maximum absolute atomic E-state index is 12.7. The van der Waals surface area contributed by atoms with Crippen LogP contribution in [0.3, 0.4) is 0 Å². The summed E-state index contributed by atoms with van der Waals surface area (Å²) in [4.78, 5) is 0.371. The van der Waals surface area contributed by atoms with Crippen LogP contribution in [0.5, 0.6) is 0 Å². The maximum Gasteiger partial charge on any atom is 0.243 e. The highest BCUT2D eigenvalue weighted by atomic mass is 32.2. The van der Waals surface area contributed by atoms with Gasteiger partial charge in [0.2, 0.25) is 10.0 Å². The number of rotatable bonds is 4. The van der Waals surface area contributed by atoms with Gasteiger partial charge < -0.3 is 5.73 Å². The van der Waals surface area contributed by atoms with Crippen molar-refractivity contribution in [3.63, 3.8) is 0 Å². The van der Waals surface area contributed by atoms with E-state index in [1.54, 1.807) is 22.5 Å². The summed E-state index contributed by atoms with van der Waals surface area (Å²) in [6.45, 7) is 3.81. The van der Waals surface area contributed by atoms with Crippen LogP contribution in [0, 0.1) is 5.92 Å². The minimum absolute atomic E-state index is 0.362. The lowest BCUT2D eigenvalue weighted by atomic mass is 9.98. The third kappa shape index (κ3) is 3.40. The number of benzene rings is 1. The standard InChI is InChI=1S/C15H24N2O2S/c1-2-13-6-4-9-17(10-8-13)20(18,19)15-7-3-5-14(11-15)12-16/h3,5,7,11,13H,2,4,6,8-10,12,16H2,1H3. The van der Waals surface area contributed by atoms with Crippen molar-refractivity contribution in [3.8, 4) is 0 Å². The molecule has 4 nitrogen and oxygen atoms in total. The lowest BCUT2D eigenvalue weighted by Gasteiger charge is -2.20. The summed E-state index contributed by atoms with van der Waals surface area (Å²) in [5.41, 5.74) is 6.45. The van der Waals surface area contributed by atoms with E-state index in [1.165, 1.54) is 0 Å². The maximum atomic E-state index is 12.7. The van der Waals surface area contributed by atoms with Gasteiger partial charge in [-0.15, -0.1) is 0 Å². The number of nitrogens with zero attached hydrogens (tertiary/aromatic N) is 1. The molecule has 0 amide bonds. The third-order valence-electron chi connectivity index (χ3n) is 4.16. The lowest BCUT2D eigenvalue weighted by molar-refractivity contribution is 0.407. The van der Waals surface area contributed by atoms with Crippen LogP contribution in [0.4, 0.5) is 0 Å². The Labute approximate surface area is 122 Å². The second kappa shape index (κ2) is 6.70. The van der Waals surface area contributed by atoms with Gasteiger partial charge in [-0.2, -0.15) is 4.31 Å². The Morgan fingerprint density at radius 2 is 2.10 bits per heavy atom. The molecule has 1 aromatic rings. The Hall–Kier alpha value is -0.910. The highest BCUT2D eigenvalue weighted by Crippen LogP contribution is 2.25. The van der Waals surface area contributed by atoms with Crippen LogP contribution in [0.15, 0.2) is 29.2 Å². The molecule has 2 rings (SSSR count). The Morgan fingerprint density at radius 1 is 1.30 bits per heavy atom. The average Bonchev–Trinajstić information content (AvgIpc) is 2.73. The van der Waals surface area contributed by atoms with Gasteiger partial charge in [0.05, 0.1) is 4.90 Å². The fourth-order valence-electron chi connectivity index (χ4n) is 2.77. The highest BCUT2D eigenvalue weighted by molar-refractivity contribution is 7.89. The molecule has 0 aromatic heterocycles. The van der Waals surface area contributed by atoms with Crippen molar-refractivity contribution in [2.45, 2.75) is 44.0 Å². The molecule has 5 heteroatoms. The van der Waals surface area contributed by atoms with Crippen molar-refractivity contribution < 1.29 is 8.42 Å². The van der Waals surface area contributed by atoms with E-state index >= 15 is 0 Å². The second-order valence-corrected chi connectivity index (χ2v) is 7.40. The van der Waals surface area contributed by atoms with Crippen molar-refractivity contribution in [1.82, 2.24) is 4.31 Å². The summed E-state index contributed by atoms with van der Waals surface area (Å²) in [5, 5.41) is 0. The second-order valence-electron chi connectivity index (χ2n) is 5.46. The Balaban J connectivity index is 2.21. The molecular formula is C15H24N2O2S. The van der Waals surface area contributed by atoms with Crippen LogP contribution in [0.25, 0.3) is 0 Å². The quantitative estimate of drug-likeness (QED) is 0.927. The smallest absolute Gasteiger partial charge is 0.243 e. The first-order chi connectivity index (χ1) is 9.57. The zero-order valence-electron chi connectivity index (χ0n) is 12.1. The summed E-state index contributed by atoms with van der Waals surface area (Å²) in [6, 6.07) is 6.98. The molecule has 1 heterocycles. The van der Waals surface area contributed by atoms with Gasteiger partial charge >= 0.3 is 0 Å². The van der Waals surface area contributed by atoms with Gasteiger partial charge in [-0.1, -0.05) is 25.5 Å². The van der Waals surface area contributed by atoms with Crippen molar-refractivity contribution in [2.75, 3.05) is 13.1 Å². The van der Waals surface area contributed by atoms with Crippen molar-refractivity contribution in [1.29, 1.82) is 0 Å². The van der Waals surface area contributed by atoms with Gasteiger partial charge in [-0.25, -0.2) is 8.42 Å². The zero-order valence-corrected chi connectivity index (χ0v) is 12.9. The first kappa shape index (κ1) is 15.5. The molecule has 1 saturated heterocycles. The number of hydrogen-bond acceptors (Lipinski definition) is 3. The number of nitrogens with two attached hydrogens (primary N) is 1. The monoisotopic (exact) mass is 296 g/mol. The third-order valence-corrected chi connectivity index (χ3v) is 6.05. The van der Waals surface area contributed by atoms with Crippen molar-refractivity contribution >= 4 is 10.0 Å². The number of sulfonamides is 1. The SMILES string of the molecule is CCC1CCCN(S(=O)(=O)c2cccc(CN)c2)CC1. The van der Waals surface area contributed by atoms with E-state index in [1.807, 2.05) is 6.07 Å². The van der Waals surface area contributed by atoms with E-state index in [0.29, 0.717) is 30.4 Å². The van der Waals surface area contributed by atoms with Gasteiger partial charge in [0, 0.05) is 19.6 Å². The van der Waals surface area contributed by atoms with E-state index in [4.69, 9.17) is 5.73 Å². The van der Waals surface area contributed by atoms with Gasteiger partial charge in [-0.3, -0.25) is 0 Å². The summed E-state index contributed by atoms with van der Waals surface area (Å²) >= 11 is 0. The molecule has 0 spiro atoms. The minimum Gasteiger partial charge on any atom is -0.326 e. The summed E-state index contributed by atoms with van der Waals surface area (Å²) < 4.78 is 27.0. The molecule has 0 radical (unpaired) electrons. The summed E-state index contributed by atoms with van der Waals surface area (Å²) in [7, 11) is -3.37. The molecule has 1 unspecified atom stereocenters. The molecule has 2 N–H and O–H groups in total. The molecule has 1 aliphatic heterocycles. The van der Waals surface area contributed by atoms with E-state index in [-0.39, 0.29) is 0 Å². The predicted octanol–water partition coefficient (Wildman–Crippen LogP) is 2.35. The molecule has 1 atom stereocenters. The van der Waals surface area contributed by atoms with E-state index < -0.39 is 10.0 Å².